The summed E-state index contributed by atoms with van der Waals surface area (Å²) in [6.07, 6.45) is 1.11. The van der Waals surface area contributed by atoms with Gasteiger partial charge in [0.1, 0.15) is 6.61 Å². The number of hydrogen-bond acceptors (Lipinski definition) is 6. The van der Waals surface area contributed by atoms with Gasteiger partial charge in [-0.1, -0.05) is 18.2 Å². The number of ether oxygens (including phenoxy) is 1. The molecule has 2 aromatic heterocycles. The number of hydrogen-bond donors (Lipinski definition) is 1. The molecule has 8 rings (SSSR count). The Kier molecular flexibility index (Phi) is 3.76. The third-order valence-electron chi connectivity index (χ3n) is 7.81. The highest BCUT2D eigenvalue weighted by Crippen LogP contribution is 2.42. The molecular formula is C25H23N3O4. The van der Waals surface area contributed by atoms with Crippen LogP contribution in [0.4, 0.5) is 0 Å². The number of piperidine rings is 2. The monoisotopic (exact) mass is 429 g/mol. The zero-order valence-electron chi connectivity index (χ0n) is 17.6. The molecule has 3 atom stereocenters. The smallest absolute Gasteiger partial charge is 0.310 e. The lowest BCUT2D eigenvalue weighted by Gasteiger charge is -2.51. The molecule has 1 saturated carbocycles. The van der Waals surface area contributed by atoms with Gasteiger partial charge in [-0.25, -0.2) is 4.98 Å². The number of fused-ring (bicyclic) bond motifs is 7. The van der Waals surface area contributed by atoms with Crippen LogP contribution in [0.1, 0.15) is 28.7 Å². The maximum atomic E-state index is 13.3. The molecule has 6 heterocycles. The van der Waals surface area contributed by atoms with Crippen LogP contribution in [0.15, 0.2) is 35.1 Å². The molecule has 162 valence electrons. The van der Waals surface area contributed by atoms with E-state index in [1.807, 2.05) is 24.3 Å². The molecule has 7 heteroatoms. The fraction of sp³-hybridized carbons (Fsp3) is 0.400. The molecular weight excluding hydrogens is 406 g/mol. The fourth-order valence-electron chi connectivity index (χ4n) is 6.12. The number of esters is 1. The summed E-state index contributed by atoms with van der Waals surface area (Å²) in [6, 6.07) is 10.1. The summed E-state index contributed by atoms with van der Waals surface area (Å²) in [4.78, 5) is 32.5. The van der Waals surface area contributed by atoms with Crippen LogP contribution in [0.5, 0.6) is 0 Å². The Hall–Kier alpha value is -3.03. The number of aliphatic hydroxyl groups is 1. The molecule has 0 amide bonds. The number of aromatic nitrogens is 2. The maximum Gasteiger partial charge on any atom is 0.310 e. The number of para-hydroxylation sites is 1. The molecule has 0 radical (unpaired) electrons. The summed E-state index contributed by atoms with van der Waals surface area (Å²) < 4.78 is 6.92. The third-order valence-corrected chi connectivity index (χ3v) is 7.81. The Morgan fingerprint density at radius 3 is 2.75 bits per heavy atom. The number of carbonyl (C=O) groups excluding carboxylic acids is 1. The van der Waals surface area contributed by atoms with Crippen molar-refractivity contribution in [3.05, 3.63) is 62.9 Å². The lowest BCUT2D eigenvalue weighted by Crippen LogP contribution is -2.57. The Balaban J connectivity index is 1.37. The van der Waals surface area contributed by atoms with Crippen molar-refractivity contribution >= 4 is 16.9 Å². The van der Waals surface area contributed by atoms with Crippen molar-refractivity contribution in [1.82, 2.24) is 14.5 Å². The van der Waals surface area contributed by atoms with E-state index in [1.54, 1.807) is 4.57 Å². The molecule has 1 N–H and O–H groups in total. The van der Waals surface area contributed by atoms with Crippen molar-refractivity contribution in [3.8, 4) is 11.4 Å². The van der Waals surface area contributed by atoms with Crippen LogP contribution in [0.3, 0.4) is 0 Å². The number of aliphatic hydroxyl groups excluding tert-OH is 1. The second kappa shape index (κ2) is 6.49. The number of rotatable bonds is 2. The Labute approximate surface area is 184 Å². The average Bonchev–Trinajstić information content (AvgIpc) is 3.17. The molecule has 3 fully saturated rings. The van der Waals surface area contributed by atoms with Gasteiger partial charge >= 0.3 is 5.97 Å². The Morgan fingerprint density at radius 2 is 1.94 bits per heavy atom. The van der Waals surface area contributed by atoms with Gasteiger partial charge in [-0.2, -0.15) is 0 Å². The second-order valence-corrected chi connectivity index (χ2v) is 9.64. The Bertz CT molecular complexity index is 1370. The van der Waals surface area contributed by atoms with Crippen molar-refractivity contribution in [1.29, 1.82) is 0 Å². The van der Waals surface area contributed by atoms with Crippen molar-refractivity contribution in [2.45, 2.75) is 38.6 Å². The van der Waals surface area contributed by atoms with E-state index in [2.05, 4.69) is 11.0 Å². The van der Waals surface area contributed by atoms with E-state index in [-0.39, 0.29) is 30.7 Å². The lowest BCUT2D eigenvalue weighted by molar-refractivity contribution is -0.145. The van der Waals surface area contributed by atoms with E-state index in [0.717, 1.165) is 59.5 Å². The largest absolute Gasteiger partial charge is 0.460 e. The van der Waals surface area contributed by atoms with Crippen LogP contribution < -0.4 is 5.56 Å². The lowest BCUT2D eigenvalue weighted by atomic mass is 9.68. The first-order valence-corrected chi connectivity index (χ1v) is 11.3. The number of benzene rings is 1. The topological polar surface area (TPSA) is 84.7 Å². The SMILES string of the molecule is O=C1Cc2cc3n(c(=O)c2CO1)Cc1c-3nc2ccccc2c1CN1C[C@H]2C[C@@H](C1)C2O. The quantitative estimate of drug-likeness (QED) is 0.490. The summed E-state index contributed by atoms with van der Waals surface area (Å²) in [5.74, 6) is 0.455. The molecule has 7 nitrogen and oxygen atoms in total. The van der Waals surface area contributed by atoms with Gasteiger partial charge in [-0.05, 0) is 41.5 Å². The summed E-state index contributed by atoms with van der Waals surface area (Å²) in [7, 11) is 0. The normalized spacial score (nSPS) is 25.7. The van der Waals surface area contributed by atoms with Crippen molar-refractivity contribution in [2.24, 2.45) is 11.8 Å². The van der Waals surface area contributed by atoms with E-state index < -0.39 is 0 Å². The van der Waals surface area contributed by atoms with Crippen molar-refractivity contribution < 1.29 is 14.6 Å². The summed E-state index contributed by atoms with van der Waals surface area (Å²) >= 11 is 0. The summed E-state index contributed by atoms with van der Waals surface area (Å²) in [5, 5.41) is 11.3. The van der Waals surface area contributed by atoms with Gasteiger partial charge in [-0.3, -0.25) is 14.5 Å². The standard InChI is InChI=1S/C25H23N3O4/c29-22-7-13-6-21-23-18(11-28(21)25(31)19(13)12-32-22)17(16-3-1-2-4-20(16)26-23)10-27-8-14-5-15(9-27)24(14)30/h1-4,6,14-15,24,30H,5,7-12H2/t14-,15+,24?. The van der Waals surface area contributed by atoms with Gasteiger partial charge < -0.3 is 14.4 Å². The molecule has 0 spiro atoms. The third kappa shape index (κ3) is 2.52. The number of carbonyl (C=O) groups is 1. The summed E-state index contributed by atoms with van der Waals surface area (Å²) in [6.45, 7) is 3.13. The van der Waals surface area contributed by atoms with E-state index in [1.165, 1.54) is 5.56 Å². The maximum absolute atomic E-state index is 13.3. The molecule has 32 heavy (non-hydrogen) atoms. The molecule has 2 saturated heterocycles. The van der Waals surface area contributed by atoms with E-state index in [0.29, 0.717) is 23.9 Å². The fourth-order valence-corrected chi connectivity index (χ4v) is 6.12. The number of cyclic esters (lactones) is 1. The highest BCUT2D eigenvalue weighted by atomic mass is 16.5. The summed E-state index contributed by atoms with van der Waals surface area (Å²) in [5.41, 5.74) is 6.12. The first-order valence-electron chi connectivity index (χ1n) is 11.3. The minimum absolute atomic E-state index is 0.0464. The van der Waals surface area contributed by atoms with E-state index >= 15 is 0 Å². The van der Waals surface area contributed by atoms with Gasteiger partial charge in [0, 0.05) is 30.6 Å². The zero-order valence-corrected chi connectivity index (χ0v) is 17.6. The predicted molar refractivity (Wildman–Crippen MR) is 117 cm³/mol. The van der Waals surface area contributed by atoms with Gasteiger partial charge in [0.05, 0.1) is 41.5 Å². The Morgan fingerprint density at radius 1 is 1.12 bits per heavy atom. The van der Waals surface area contributed by atoms with Crippen LogP contribution in [-0.2, 0) is 35.6 Å². The minimum atomic E-state index is -0.293. The van der Waals surface area contributed by atoms with Gasteiger partial charge in [-0.15, -0.1) is 0 Å². The molecule has 2 bridgehead atoms. The molecule has 1 aromatic carbocycles. The van der Waals surface area contributed by atoms with Crippen LogP contribution in [0.2, 0.25) is 0 Å². The van der Waals surface area contributed by atoms with Crippen molar-refractivity contribution in [2.75, 3.05) is 13.1 Å². The minimum Gasteiger partial charge on any atom is -0.460 e. The first kappa shape index (κ1) is 18.5. The molecule has 4 aliphatic heterocycles. The van der Waals surface area contributed by atoms with Crippen LogP contribution in [0.25, 0.3) is 22.3 Å². The van der Waals surface area contributed by atoms with Gasteiger partial charge in [0.2, 0.25) is 0 Å². The van der Waals surface area contributed by atoms with E-state index in [4.69, 9.17) is 9.72 Å². The molecule has 5 aliphatic rings. The van der Waals surface area contributed by atoms with Crippen LogP contribution in [-0.4, -0.2) is 44.7 Å². The molecule has 1 unspecified atom stereocenters. The van der Waals surface area contributed by atoms with Gasteiger partial charge in [0.15, 0.2) is 0 Å². The second-order valence-electron chi connectivity index (χ2n) is 9.64. The molecule has 1 aliphatic carbocycles. The highest BCUT2D eigenvalue weighted by molar-refractivity contribution is 5.88. The highest BCUT2D eigenvalue weighted by Gasteiger charge is 2.45. The molecule has 3 aromatic rings. The zero-order chi connectivity index (χ0) is 21.6. The predicted octanol–water partition coefficient (Wildman–Crippen LogP) is 1.84. The van der Waals surface area contributed by atoms with Crippen LogP contribution >= 0.6 is 0 Å². The van der Waals surface area contributed by atoms with Gasteiger partial charge in [0.25, 0.3) is 5.56 Å². The van der Waals surface area contributed by atoms with Crippen LogP contribution in [0, 0.1) is 11.8 Å². The van der Waals surface area contributed by atoms with Crippen molar-refractivity contribution in [3.63, 3.8) is 0 Å². The first-order chi connectivity index (χ1) is 15.6. The number of nitrogens with zero attached hydrogens (tertiary/aromatic N) is 3. The van der Waals surface area contributed by atoms with E-state index in [9.17, 15) is 14.7 Å². The average molecular weight is 429 g/mol. The number of pyridine rings is 2.